The molecule has 0 radical (unpaired) electrons. The Morgan fingerprint density at radius 3 is 1.44 bits per heavy atom. The van der Waals surface area contributed by atoms with E-state index in [9.17, 15) is 0 Å². The van der Waals surface area contributed by atoms with E-state index in [4.69, 9.17) is 27.9 Å². The third-order valence-electron chi connectivity index (χ3n) is 9.65. The Balaban J connectivity index is 0.00000107. The zero-order chi connectivity index (χ0) is 35.2. The van der Waals surface area contributed by atoms with Crippen molar-refractivity contribution in [2.75, 3.05) is 0 Å². The van der Waals surface area contributed by atoms with Gasteiger partial charge in [0.15, 0.2) is 8.07 Å². The van der Waals surface area contributed by atoms with Crippen molar-refractivity contribution < 1.29 is 14.7 Å². The summed E-state index contributed by atoms with van der Waals surface area (Å²) in [6.07, 6.45) is 0. The molecule has 1 unspecified atom stereocenters. The van der Waals surface area contributed by atoms with Crippen LogP contribution >= 0.6 is 27.9 Å². The van der Waals surface area contributed by atoms with Gasteiger partial charge in [0.05, 0.1) is 0 Å². The molecular formula is C43H47Cl3SiTi. The number of halogens is 3. The van der Waals surface area contributed by atoms with Gasteiger partial charge in [-0.15, -0.1) is 11.1 Å². The summed E-state index contributed by atoms with van der Waals surface area (Å²) >= 11 is -1.92. The molecule has 5 heteroatoms. The average Bonchev–Trinajstić information content (AvgIpc) is 3.30. The van der Waals surface area contributed by atoms with Crippen molar-refractivity contribution >= 4 is 51.5 Å². The van der Waals surface area contributed by atoms with Crippen LogP contribution in [0.15, 0.2) is 97.1 Å². The summed E-state index contributed by atoms with van der Waals surface area (Å²) in [4.78, 5) is 0. The van der Waals surface area contributed by atoms with Crippen molar-refractivity contribution in [1.29, 1.82) is 0 Å². The van der Waals surface area contributed by atoms with E-state index in [1.54, 1.807) is 0 Å². The second kappa shape index (κ2) is 14.3. The standard InChI is InChI=1S/C43H47Si.3ClH.Ti/c1-28-19-29(2)22-34(21-28)44(35-23-30(3)20-31(4)24-35,36-26-32(42(5,6)7)25-33(27-36)43(8,9)10)41-39-17-13-11-15-37(39)38-16-12-14-18-40(38)41;;;;/h11-17,19-27,41H,1-10H3;3*1H;/q-1;;;;+4/p-3. The molecule has 1 aliphatic rings. The van der Waals surface area contributed by atoms with Crippen molar-refractivity contribution in [3.63, 3.8) is 0 Å². The van der Waals surface area contributed by atoms with Gasteiger partial charge in [-0.25, -0.2) is 0 Å². The van der Waals surface area contributed by atoms with Crippen LogP contribution in [0.2, 0.25) is 0 Å². The molecular weight excluding hydrogens is 699 g/mol. The van der Waals surface area contributed by atoms with Crippen LogP contribution in [0.1, 0.15) is 91.6 Å². The number of aryl methyl sites for hydroxylation is 4. The maximum absolute atomic E-state index is 4.97. The third-order valence-corrected chi connectivity index (χ3v) is 14.7. The molecule has 6 rings (SSSR count). The quantitative estimate of drug-likeness (QED) is 0.0976. The van der Waals surface area contributed by atoms with E-state index in [0.29, 0.717) is 0 Å². The van der Waals surface area contributed by atoms with Gasteiger partial charge in [-0.05, 0) is 76.3 Å². The first-order valence-electron chi connectivity index (χ1n) is 16.7. The zero-order valence-electron chi connectivity index (χ0n) is 29.9. The first-order chi connectivity index (χ1) is 22.4. The zero-order valence-corrected chi connectivity index (χ0v) is 34.8. The van der Waals surface area contributed by atoms with Crippen LogP contribution in [0.4, 0.5) is 0 Å². The second-order valence-corrected chi connectivity index (χ2v) is 27.3. The summed E-state index contributed by atoms with van der Waals surface area (Å²) in [6, 6.07) is 42.0. The molecule has 0 fully saturated rings. The van der Waals surface area contributed by atoms with Crippen molar-refractivity contribution in [2.45, 2.75) is 85.6 Å². The molecule has 0 saturated heterocycles. The Bertz CT molecular complexity index is 1770. The molecule has 48 heavy (non-hydrogen) atoms. The van der Waals surface area contributed by atoms with Crippen molar-refractivity contribution in [1.82, 2.24) is 0 Å². The molecule has 0 bridgehead atoms. The third kappa shape index (κ3) is 7.48. The number of rotatable bonds is 4. The van der Waals surface area contributed by atoms with Crippen LogP contribution in [0.5, 0.6) is 0 Å². The van der Waals surface area contributed by atoms with Gasteiger partial charge < -0.3 is 0 Å². The molecule has 0 aliphatic heterocycles. The fourth-order valence-electron chi connectivity index (χ4n) is 7.65. The van der Waals surface area contributed by atoms with Gasteiger partial charge in [-0.3, -0.25) is 0 Å². The Morgan fingerprint density at radius 2 is 0.979 bits per heavy atom. The van der Waals surface area contributed by atoms with Gasteiger partial charge in [0.25, 0.3) is 0 Å². The number of fused-ring (bicyclic) bond motifs is 3. The molecule has 0 aromatic heterocycles. The maximum atomic E-state index is 4.97. The van der Waals surface area contributed by atoms with E-state index in [2.05, 4.69) is 172 Å². The number of hydrogen-bond acceptors (Lipinski definition) is 0. The van der Waals surface area contributed by atoms with E-state index in [0.717, 1.165) is 0 Å². The van der Waals surface area contributed by atoms with Gasteiger partial charge in [0.2, 0.25) is 0 Å². The van der Waals surface area contributed by atoms with Gasteiger partial charge >= 0.3 is 42.6 Å². The minimum absolute atomic E-state index is 0.0127. The fraction of sp³-hybridized carbons (Fsp3) is 0.302. The molecule has 0 N–H and O–H groups in total. The predicted octanol–water partition coefficient (Wildman–Crippen LogP) is 11.2. The minimum atomic E-state index is -2.87. The van der Waals surface area contributed by atoms with Crippen LogP contribution in [0.25, 0.3) is 11.1 Å². The SMILES string of the molecule is Cc1cc(C)cc([Si](c2cc(C)cc(C)c2)(c2cc(C(C)(C)C)cc(C(C)(C)C)c2)C2c3[c-]cccc3-c3ccccc32)c1.[Cl][Ti+]([Cl])[Cl]. The number of benzene rings is 5. The molecule has 0 nitrogen and oxygen atoms in total. The summed E-state index contributed by atoms with van der Waals surface area (Å²) in [5.74, 6) is 0. The van der Waals surface area contributed by atoms with Gasteiger partial charge in [-0.1, -0.05) is 148 Å². The van der Waals surface area contributed by atoms with E-state index in [1.165, 1.54) is 71.2 Å². The topological polar surface area (TPSA) is 0 Å². The van der Waals surface area contributed by atoms with Crippen molar-refractivity contribution in [3.8, 4) is 11.1 Å². The van der Waals surface area contributed by atoms with Crippen molar-refractivity contribution in [3.05, 3.63) is 148 Å². The summed E-state index contributed by atoms with van der Waals surface area (Å²) in [7, 11) is 12.0. The van der Waals surface area contributed by atoms with E-state index in [-0.39, 0.29) is 16.4 Å². The monoisotopic (exact) mass is 744 g/mol. The average molecular weight is 746 g/mol. The molecule has 1 aliphatic carbocycles. The number of hydrogen-bond donors (Lipinski definition) is 0. The Kier molecular flexibility index (Phi) is 11.0. The Morgan fingerprint density at radius 1 is 0.562 bits per heavy atom. The van der Waals surface area contributed by atoms with E-state index < -0.39 is 22.8 Å². The van der Waals surface area contributed by atoms with Crippen molar-refractivity contribution in [2.24, 2.45) is 0 Å². The van der Waals surface area contributed by atoms with Crippen LogP contribution in [-0.4, -0.2) is 8.07 Å². The second-order valence-electron chi connectivity index (χ2n) is 15.6. The molecule has 1 atom stereocenters. The van der Waals surface area contributed by atoms with Crippen LogP contribution in [-0.2, 0) is 25.5 Å². The van der Waals surface area contributed by atoms with Crippen LogP contribution in [0, 0.1) is 33.8 Å². The first kappa shape index (κ1) is 37.2. The van der Waals surface area contributed by atoms with Gasteiger partial charge in [0, 0.05) is 0 Å². The predicted molar refractivity (Wildman–Crippen MR) is 210 cm³/mol. The normalized spacial score (nSPS) is 14.1. The van der Waals surface area contributed by atoms with E-state index in [1.807, 2.05) is 0 Å². The summed E-state index contributed by atoms with van der Waals surface area (Å²) in [5.41, 5.74) is 13.8. The van der Waals surface area contributed by atoms with E-state index >= 15 is 0 Å². The summed E-state index contributed by atoms with van der Waals surface area (Å²) in [5, 5.41) is 4.46. The molecule has 5 aromatic rings. The van der Waals surface area contributed by atoms with Crippen LogP contribution < -0.4 is 15.6 Å². The fourth-order valence-corrected chi connectivity index (χ4v) is 13.6. The molecule has 0 heterocycles. The molecule has 0 amide bonds. The molecule has 5 aromatic carbocycles. The summed E-state index contributed by atoms with van der Waals surface area (Å²) < 4.78 is 0. The first-order valence-corrected chi connectivity index (χ1v) is 25.2. The Labute approximate surface area is 308 Å². The Hall–Kier alpha value is -2.10. The van der Waals surface area contributed by atoms with Crippen LogP contribution in [0.3, 0.4) is 0 Å². The molecule has 248 valence electrons. The van der Waals surface area contributed by atoms with Gasteiger partial charge in [-0.2, -0.15) is 24.3 Å². The summed E-state index contributed by atoms with van der Waals surface area (Å²) in [6.45, 7) is 23.3. The molecule has 0 spiro atoms. The van der Waals surface area contributed by atoms with Gasteiger partial charge in [0.1, 0.15) is 0 Å². The molecule has 0 saturated carbocycles.